The molecule has 0 aliphatic heterocycles. The van der Waals surface area contributed by atoms with Crippen LogP contribution in [0.3, 0.4) is 0 Å². The molecule has 0 bridgehead atoms. The highest BCUT2D eigenvalue weighted by molar-refractivity contribution is 7.99. The molecule has 2 rings (SSSR count). The van der Waals surface area contributed by atoms with E-state index in [0.29, 0.717) is 10.2 Å². The third-order valence-corrected chi connectivity index (χ3v) is 3.71. The van der Waals surface area contributed by atoms with Crippen molar-refractivity contribution < 1.29 is 0 Å². The second-order valence-corrected chi connectivity index (χ2v) is 5.19. The number of aromatic nitrogens is 2. The van der Waals surface area contributed by atoms with E-state index in [2.05, 4.69) is 9.97 Å². The fourth-order valence-electron chi connectivity index (χ4n) is 1.29. The van der Waals surface area contributed by atoms with Crippen LogP contribution in [0.2, 0.25) is 10.2 Å². The van der Waals surface area contributed by atoms with Crippen molar-refractivity contribution in [2.75, 3.05) is 0 Å². The first kappa shape index (κ1) is 12.7. The van der Waals surface area contributed by atoms with Crippen LogP contribution in [0.25, 0.3) is 0 Å². The maximum Gasteiger partial charge on any atom is 0.133 e. The predicted molar refractivity (Wildman–Crippen MR) is 72.0 cm³/mol. The van der Waals surface area contributed by atoms with Crippen molar-refractivity contribution in [3.05, 3.63) is 46.3 Å². The lowest BCUT2D eigenvalue weighted by Gasteiger charge is -2.05. The standard InChI is InChI=1S/C12H10Cl2N2S/c1-2-11-15-10(14)7-12(16-11)17-9-6-4-3-5-8(9)13/h3-7H,2H2,1H3. The van der Waals surface area contributed by atoms with Gasteiger partial charge >= 0.3 is 0 Å². The van der Waals surface area contributed by atoms with Gasteiger partial charge in [-0.3, -0.25) is 0 Å². The molecular formula is C12H10Cl2N2S. The summed E-state index contributed by atoms with van der Waals surface area (Å²) < 4.78 is 0. The molecule has 1 heterocycles. The summed E-state index contributed by atoms with van der Waals surface area (Å²) in [6, 6.07) is 9.39. The molecule has 0 spiro atoms. The van der Waals surface area contributed by atoms with Crippen molar-refractivity contribution in [1.82, 2.24) is 9.97 Å². The zero-order chi connectivity index (χ0) is 12.3. The van der Waals surface area contributed by atoms with Gasteiger partial charge in [0.1, 0.15) is 16.0 Å². The molecule has 0 saturated carbocycles. The van der Waals surface area contributed by atoms with E-state index in [4.69, 9.17) is 23.2 Å². The average molecular weight is 285 g/mol. The topological polar surface area (TPSA) is 25.8 Å². The Bertz CT molecular complexity index is 532. The minimum absolute atomic E-state index is 0.464. The quantitative estimate of drug-likeness (QED) is 0.777. The lowest BCUT2D eigenvalue weighted by Crippen LogP contribution is -1.94. The SMILES string of the molecule is CCc1nc(Cl)cc(Sc2ccccc2Cl)n1. The fourth-order valence-corrected chi connectivity index (χ4v) is 2.67. The summed E-state index contributed by atoms with van der Waals surface area (Å²) in [5.74, 6) is 0.743. The average Bonchev–Trinajstić information content (AvgIpc) is 2.31. The van der Waals surface area contributed by atoms with E-state index < -0.39 is 0 Å². The van der Waals surface area contributed by atoms with Crippen LogP contribution >= 0.6 is 35.0 Å². The van der Waals surface area contributed by atoms with Crippen LogP contribution in [0, 0.1) is 0 Å². The Kier molecular flexibility index (Phi) is 4.26. The van der Waals surface area contributed by atoms with Gasteiger partial charge < -0.3 is 0 Å². The van der Waals surface area contributed by atoms with Crippen LogP contribution in [0.5, 0.6) is 0 Å². The summed E-state index contributed by atoms with van der Waals surface area (Å²) in [6.45, 7) is 2.00. The van der Waals surface area contributed by atoms with E-state index in [0.717, 1.165) is 22.2 Å². The van der Waals surface area contributed by atoms with Crippen molar-refractivity contribution in [2.24, 2.45) is 0 Å². The van der Waals surface area contributed by atoms with E-state index in [-0.39, 0.29) is 0 Å². The molecule has 0 fully saturated rings. The second kappa shape index (κ2) is 5.71. The number of nitrogens with zero attached hydrogens (tertiary/aromatic N) is 2. The van der Waals surface area contributed by atoms with Gasteiger partial charge in [0.15, 0.2) is 0 Å². The fraction of sp³-hybridized carbons (Fsp3) is 0.167. The number of rotatable bonds is 3. The molecule has 1 aromatic heterocycles. The molecule has 17 heavy (non-hydrogen) atoms. The Labute approximate surface area is 114 Å². The number of benzene rings is 1. The summed E-state index contributed by atoms with van der Waals surface area (Å²) in [5.41, 5.74) is 0. The van der Waals surface area contributed by atoms with Crippen LogP contribution in [0.1, 0.15) is 12.7 Å². The zero-order valence-electron chi connectivity index (χ0n) is 9.15. The molecule has 0 N–H and O–H groups in total. The molecule has 0 amide bonds. The lowest BCUT2D eigenvalue weighted by atomic mass is 10.4. The minimum atomic E-state index is 0.464. The van der Waals surface area contributed by atoms with Crippen LogP contribution in [-0.2, 0) is 6.42 Å². The molecule has 0 aliphatic rings. The van der Waals surface area contributed by atoms with Gasteiger partial charge in [-0.25, -0.2) is 9.97 Å². The molecule has 0 aliphatic carbocycles. The van der Waals surface area contributed by atoms with Gasteiger partial charge in [0.2, 0.25) is 0 Å². The van der Waals surface area contributed by atoms with E-state index in [9.17, 15) is 0 Å². The molecule has 0 unspecified atom stereocenters. The Morgan fingerprint density at radius 2 is 1.94 bits per heavy atom. The molecular weight excluding hydrogens is 275 g/mol. The van der Waals surface area contributed by atoms with Gasteiger partial charge in [-0.05, 0) is 12.1 Å². The minimum Gasteiger partial charge on any atom is -0.226 e. The van der Waals surface area contributed by atoms with Crippen molar-refractivity contribution in [3.8, 4) is 0 Å². The largest absolute Gasteiger partial charge is 0.226 e. The Morgan fingerprint density at radius 1 is 1.18 bits per heavy atom. The summed E-state index contributed by atoms with van der Waals surface area (Å²) >= 11 is 13.5. The molecule has 5 heteroatoms. The van der Waals surface area contributed by atoms with Gasteiger partial charge in [0.25, 0.3) is 0 Å². The normalized spacial score (nSPS) is 10.5. The summed E-state index contributed by atoms with van der Waals surface area (Å²) in [5, 5.41) is 1.99. The van der Waals surface area contributed by atoms with Crippen molar-refractivity contribution in [2.45, 2.75) is 23.3 Å². The van der Waals surface area contributed by atoms with E-state index in [1.54, 1.807) is 6.07 Å². The molecule has 0 radical (unpaired) electrons. The first-order chi connectivity index (χ1) is 8.19. The smallest absolute Gasteiger partial charge is 0.133 e. The molecule has 2 nitrogen and oxygen atoms in total. The maximum atomic E-state index is 6.09. The molecule has 0 saturated heterocycles. The van der Waals surface area contributed by atoms with Gasteiger partial charge in [0, 0.05) is 17.4 Å². The second-order valence-electron chi connectivity index (χ2n) is 3.33. The van der Waals surface area contributed by atoms with Crippen molar-refractivity contribution >= 4 is 35.0 Å². The van der Waals surface area contributed by atoms with Crippen LogP contribution in [0.15, 0.2) is 40.3 Å². The van der Waals surface area contributed by atoms with Crippen molar-refractivity contribution in [3.63, 3.8) is 0 Å². The number of halogens is 2. The molecule has 2 aromatic rings. The van der Waals surface area contributed by atoms with Crippen LogP contribution < -0.4 is 0 Å². The van der Waals surface area contributed by atoms with Crippen molar-refractivity contribution in [1.29, 1.82) is 0 Å². The van der Waals surface area contributed by atoms with Gasteiger partial charge in [-0.2, -0.15) is 0 Å². The lowest BCUT2D eigenvalue weighted by molar-refractivity contribution is 0.889. The molecule has 1 aromatic carbocycles. The Balaban J connectivity index is 2.30. The first-order valence-electron chi connectivity index (χ1n) is 5.15. The van der Waals surface area contributed by atoms with E-state index in [1.807, 2.05) is 31.2 Å². The maximum absolute atomic E-state index is 6.09. The Morgan fingerprint density at radius 3 is 2.65 bits per heavy atom. The number of hydrogen-bond donors (Lipinski definition) is 0. The highest BCUT2D eigenvalue weighted by Gasteiger charge is 2.06. The Hall–Kier alpha value is -0.770. The van der Waals surface area contributed by atoms with Crippen LogP contribution in [0.4, 0.5) is 0 Å². The molecule has 0 atom stereocenters. The van der Waals surface area contributed by atoms with E-state index >= 15 is 0 Å². The summed E-state index contributed by atoms with van der Waals surface area (Å²) in [6.07, 6.45) is 0.761. The van der Waals surface area contributed by atoms with E-state index in [1.165, 1.54) is 11.8 Å². The van der Waals surface area contributed by atoms with Gasteiger partial charge in [0.05, 0.1) is 5.02 Å². The third-order valence-electron chi connectivity index (χ3n) is 2.09. The van der Waals surface area contributed by atoms with Gasteiger partial charge in [-0.15, -0.1) is 0 Å². The highest BCUT2D eigenvalue weighted by atomic mass is 35.5. The van der Waals surface area contributed by atoms with Crippen LogP contribution in [-0.4, -0.2) is 9.97 Å². The first-order valence-corrected chi connectivity index (χ1v) is 6.72. The molecule has 88 valence electrons. The summed E-state index contributed by atoms with van der Waals surface area (Å²) in [7, 11) is 0. The third kappa shape index (κ3) is 3.35. The predicted octanol–water partition coefficient (Wildman–Crippen LogP) is 4.50. The number of hydrogen-bond acceptors (Lipinski definition) is 3. The number of aryl methyl sites for hydroxylation is 1. The highest BCUT2D eigenvalue weighted by Crippen LogP contribution is 2.32. The van der Waals surface area contributed by atoms with Gasteiger partial charge in [-0.1, -0.05) is 54.0 Å². The zero-order valence-corrected chi connectivity index (χ0v) is 11.5. The monoisotopic (exact) mass is 284 g/mol. The summed E-state index contributed by atoms with van der Waals surface area (Å²) in [4.78, 5) is 9.49.